The maximum absolute atomic E-state index is 13.3. The number of carbonyl (C=O) groups excluding carboxylic acids is 1. The molecule has 0 radical (unpaired) electrons. The molecule has 1 aliphatic carbocycles. The summed E-state index contributed by atoms with van der Waals surface area (Å²) in [5.74, 6) is 0.479. The molecule has 1 aromatic carbocycles. The predicted octanol–water partition coefficient (Wildman–Crippen LogP) is 3.03. The summed E-state index contributed by atoms with van der Waals surface area (Å²) in [6, 6.07) is 7.86. The molecule has 4 rings (SSSR count). The van der Waals surface area contributed by atoms with Crippen LogP contribution in [-0.2, 0) is 19.4 Å². The Balaban J connectivity index is 1.70. The van der Waals surface area contributed by atoms with Crippen molar-refractivity contribution in [1.82, 2.24) is 9.55 Å². The molecule has 1 aliphatic rings. The van der Waals surface area contributed by atoms with Crippen molar-refractivity contribution in [2.75, 3.05) is 24.8 Å². The Bertz CT molecular complexity index is 1300. The number of ether oxygens (including phenoxy) is 1. The average Bonchev–Trinajstić information content (AvgIpc) is 3.22. The molecule has 168 valence electrons. The molecule has 0 saturated heterocycles. The molecule has 3 N–H and O–H groups in total. The van der Waals surface area contributed by atoms with E-state index < -0.39 is 11.2 Å². The molecule has 0 saturated carbocycles. The molecular weight excluding hydrogens is 428 g/mol. The predicted molar refractivity (Wildman–Crippen MR) is 127 cm³/mol. The monoisotopic (exact) mass is 454 g/mol. The minimum absolute atomic E-state index is 0.00168. The Hall–Kier alpha value is -3.33. The summed E-state index contributed by atoms with van der Waals surface area (Å²) in [5, 5.41) is 0. The Morgan fingerprint density at radius 1 is 1.25 bits per heavy atom. The van der Waals surface area contributed by atoms with Gasteiger partial charge in [0, 0.05) is 18.5 Å². The molecule has 8 nitrogen and oxygen atoms in total. The van der Waals surface area contributed by atoms with E-state index in [1.54, 1.807) is 7.11 Å². The summed E-state index contributed by atoms with van der Waals surface area (Å²) in [7, 11) is 3.15. The molecule has 0 fully saturated rings. The highest BCUT2D eigenvalue weighted by atomic mass is 32.1. The second kappa shape index (κ2) is 8.66. The zero-order valence-electron chi connectivity index (χ0n) is 18.4. The van der Waals surface area contributed by atoms with E-state index in [2.05, 4.69) is 4.98 Å². The van der Waals surface area contributed by atoms with Gasteiger partial charge in [0.2, 0.25) is 0 Å². The van der Waals surface area contributed by atoms with Crippen LogP contribution in [0.5, 0.6) is 5.75 Å². The molecule has 0 aliphatic heterocycles. The van der Waals surface area contributed by atoms with Crippen LogP contribution in [0.15, 0.2) is 33.9 Å². The molecule has 9 heteroatoms. The van der Waals surface area contributed by atoms with Crippen molar-refractivity contribution in [3.63, 3.8) is 0 Å². The third-order valence-corrected chi connectivity index (χ3v) is 7.03. The largest absolute Gasteiger partial charge is 0.497 e. The standard InChI is InChI=1S/C23H26N4O4S/c1-4-5-10-27-20(24)18(21(28)25-23(27)30)26(2)22(29)17-12-14-7-6-13-11-15(31-3)8-9-16(13)19(14)32-17/h8-9,11-12H,4-7,10,24H2,1-3H3,(H,25,28,30). The highest BCUT2D eigenvalue weighted by molar-refractivity contribution is 7.17. The van der Waals surface area contributed by atoms with Gasteiger partial charge in [-0.1, -0.05) is 13.3 Å². The van der Waals surface area contributed by atoms with E-state index in [4.69, 9.17) is 10.5 Å². The van der Waals surface area contributed by atoms with Crippen molar-refractivity contribution in [3.05, 3.63) is 61.1 Å². The van der Waals surface area contributed by atoms with Gasteiger partial charge >= 0.3 is 5.69 Å². The van der Waals surface area contributed by atoms with Crippen molar-refractivity contribution in [2.24, 2.45) is 0 Å². The fourth-order valence-electron chi connectivity index (χ4n) is 4.05. The van der Waals surface area contributed by atoms with E-state index in [-0.39, 0.29) is 17.4 Å². The summed E-state index contributed by atoms with van der Waals surface area (Å²) in [6.45, 7) is 2.37. The number of aryl methyl sites for hydroxylation is 2. The SMILES string of the molecule is CCCCn1c(N)c(N(C)C(=O)c2cc3c(s2)-c2ccc(OC)cc2CC3)c(=O)[nH]c1=O. The first kappa shape index (κ1) is 21.9. The summed E-state index contributed by atoms with van der Waals surface area (Å²) in [4.78, 5) is 43.1. The zero-order valence-corrected chi connectivity index (χ0v) is 19.2. The van der Waals surface area contributed by atoms with E-state index in [0.29, 0.717) is 11.4 Å². The van der Waals surface area contributed by atoms with E-state index in [9.17, 15) is 14.4 Å². The molecule has 2 aromatic heterocycles. The molecule has 1 amide bonds. The molecule has 3 aromatic rings. The summed E-state index contributed by atoms with van der Waals surface area (Å²) in [6.07, 6.45) is 3.29. The van der Waals surface area contributed by atoms with Crippen LogP contribution in [0.4, 0.5) is 11.5 Å². The van der Waals surface area contributed by atoms with E-state index in [1.165, 1.54) is 33.4 Å². The van der Waals surface area contributed by atoms with Gasteiger partial charge in [-0.25, -0.2) is 4.79 Å². The van der Waals surface area contributed by atoms with Crippen molar-refractivity contribution >= 4 is 28.7 Å². The third-order valence-electron chi connectivity index (χ3n) is 5.83. The number of rotatable bonds is 6. The first-order valence-corrected chi connectivity index (χ1v) is 11.4. The van der Waals surface area contributed by atoms with Crippen molar-refractivity contribution < 1.29 is 9.53 Å². The van der Waals surface area contributed by atoms with Gasteiger partial charge in [0.15, 0.2) is 5.69 Å². The lowest BCUT2D eigenvalue weighted by molar-refractivity contribution is 0.0996. The quantitative estimate of drug-likeness (QED) is 0.595. The number of unbranched alkanes of at least 4 members (excludes halogenated alkanes) is 1. The molecule has 0 bridgehead atoms. The number of fused-ring (bicyclic) bond motifs is 3. The first-order chi connectivity index (χ1) is 15.3. The van der Waals surface area contributed by atoms with Crippen molar-refractivity contribution in [2.45, 2.75) is 39.2 Å². The number of nitrogens with zero attached hydrogens (tertiary/aromatic N) is 2. The number of methoxy groups -OCH3 is 1. The minimum atomic E-state index is -0.671. The third kappa shape index (κ3) is 3.73. The number of amides is 1. The smallest absolute Gasteiger partial charge is 0.330 e. The molecule has 32 heavy (non-hydrogen) atoms. The Kier molecular flexibility index (Phi) is 5.92. The number of nitrogens with one attached hydrogen (secondary N) is 1. The number of thiophene rings is 1. The topological polar surface area (TPSA) is 110 Å². The van der Waals surface area contributed by atoms with Gasteiger partial charge in [-0.15, -0.1) is 11.3 Å². The minimum Gasteiger partial charge on any atom is -0.497 e. The number of carbonyl (C=O) groups is 1. The summed E-state index contributed by atoms with van der Waals surface area (Å²) in [5.41, 5.74) is 8.32. The average molecular weight is 455 g/mol. The Morgan fingerprint density at radius 3 is 2.72 bits per heavy atom. The Labute approximate surface area is 189 Å². The van der Waals surface area contributed by atoms with E-state index in [1.807, 2.05) is 31.2 Å². The fraction of sp³-hybridized carbons (Fsp3) is 0.348. The van der Waals surface area contributed by atoms with Crippen LogP contribution in [-0.4, -0.2) is 29.6 Å². The number of anilines is 2. The number of hydrogen-bond acceptors (Lipinski definition) is 6. The van der Waals surface area contributed by atoms with Gasteiger partial charge < -0.3 is 15.4 Å². The van der Waals surface area contributed by atoms with Crippen LogP contribution in [0, 0.1) is 0 Å². The van der Waals surface area contributed by atoms with Crippen LogP contribution >= 0.6 is 11.3 Å². The maximum Gasteiger partial charge on any atom is 0.330 e. The van der Waals surface area contributed by atoms with Crippen LogP contribution in [0.3, 0.4) is 0 Å². The maximum atomic E-state index is 13.3. The van der Waals surface area contributed by atoms with E-state index >= 15 is 0 Å². The van der Waals surface area contributed by atoms with Gasteiger partial charge in [0.25, 0.3) is 11.5 Å². The second-order valence-corrected chi connectivity index (χ2v) is 8.90. The molecule has 0 unspecified atom stereocenters. The Morgan fingerprint density at radius 2 is 2.00 bits per heavy atom. The number of hydrogen-bond donors (Lipinski definition) is 2. The second-order valence-electron chi connectivity index (χ2n) is 7.85. The summed E-state index contributed by atoms with van der Waals surface area (Å²) < 4.78 is 6.64. The molecular formula is C23H26N4O4S. The fourth-order valence-corrected chi connectivity index (χ4v) is 5.30. The number of H-pyrrole nitrogens is 1. The lowest BCUT2D eigenvalue weighted by atomic mass is 9.91. The lowest BCUT2D eigenvalue weighted by Crippen LogP contribution is -2.39. The highest BCUT2D eigenvalue weighted by Crippen LogP contribution is 2.41. The number of benzene rings is 1. The molecule has 2 heterocycles. The first-order valence-electron chi connectivity index (χ1n) is 10.6. The number of aromatic nitrogens is 2. The normalized spacial score (nSPS) is 12.2. The van der Waals surface area contributed by atoms with Crippen LogP contribution in [0.25, 0.3) is 10.4 Å². The van der Waals surface area contributed by atoms with Gasteiger partial charge in [-0.3, -0.25) is 19.1 Å². The zero-order chi connectivity index (χ0) is 23.0. The van der Waals surface area contributed by atoms with Crippen molar-refractivity contribution in [1.29, 1.82) is 0 Å². The summed E-state index contributed by atoms with van der Waals surface area (Å²) >= 11 is 1.40. The van der Waals surface area contributed by atoms with Crippen molar-refractivity contribution in [3.8, 4) is 16.2 Å². The number of nitrogen functional groups attached to an aromatic ring is 1. The van der Waals surface area contributed by atoms with Gasteiger partial charge in [-0.05, 0) is 60.2 Å². The van der Waals surface area contributed by atoms with E-state index in [0.717, 1.165) is 47.4 Å². The van der Waals surface area contributed by atoms with Gasteiger partial charge in [0.1, 0.15) is 11.6 Å². The molecule has 0 atom stereocenters. The molecule has 0 spiro atoms. The number of aromatic amines is 1. The van der Waals surface area contributed by atoms with Gasteiger partial charge in [0.05, 0.1) is 12.0 Å². The lowest BCUT2D eigenvalue weighted by Gasteiger charge is -2.19. The van der Waals surface area contributed by atoms with Crippen LogP contribution in [0.1, 0.15) is 40.6 Å². The number of nitrogens with two attached hydrogens (primary N) is 1. The highest BCUT2D eigenvalue weighted by Gasteiger charge is 2.26. The van der Waals surface area contributed by atoms with Crippen LogP contribution in [0.2, 0.25) is 0 Å². The van der Waals surface area contributed by atoms with Crippen LogP contribution < -0.4 is 26.6 Å². The van der Waals surface area contributed by atoms with Gasteiger partial charge in [-0.2, -0.15) is 0 Å².